The number of benzene rings is 2. The van der Waals surface area contributed by atoms with Gasteiger partial charge in [0.05, 0.1) is 23.0 Å². The van der Waals surface area contributed by atoms with Crippen molar-refractivity contribution in [1.29, 1.82) is 5.26 Å². The molecule has 2 aliphatic heterocycles. The summed E-state index contributed by atoms with van der Waals surface area (Å²) in [7, 11) is 0. The van der Waals surface area contributed by atoms with E-state index in [0.717, 1.165) is 12.1 Å². The highest BCUT2D eigenvalue weighted by Gasteiger charge is 2.23. The summed E-state index contributed by atoms with van der Waals surface area (Å²) in [6, 6.07) is 16.9. The average Bonchev–Trinajstić information content (AvgIpc) is 2.55. The van der Waals surface area contributed by atoms with Gasteiger partial charge in [-0.1, -0.05) is 23.9 Å². The molecule has 2 heterocycles. The molecule has 1 fully saturated rings. The van der Waals surface area contributed by atoms with E-state index in [9.17, 15) is 0 Å². The molecule has 2 aromatic rings. The normalized spacial score (nSPS) is 16.2. The minimum absolute atomic E-state index is 0.733. The predicted octanol–water partition coefficient (Wildman–Crippen LogP) is 4.26. The molecule has 0 aliphatic carbocycles. The summed E-state index contributed by atoms with van der Waals surface area (Å²) in [5, 5.41) is 9.16. The SMILES string of the molecule is N#Cc1ccc2c(c1)Sc1ccccc1N2CCCN1CCC1. The lowest BCUT2D eigenvalue weighted by Gasteiger charge is -2.35. The zero-order valence-corrected chi connectivity index (χ0v) is 13.9. The van der Waals surface area contributed by atoms with Crippen LogP contribution >= 0.6 is 11.8 Å². The van der Waals surface area contributed by atoms with Crippen molar-refractivity contribution < 1.29 is 0 Å². The summed E-state index contributed by atoms with van der Waals surface area (Å²) >= 11 is 1.77. The Hall–Kier alpha value is -1.96. The van der Waals surface area contributed by atoms with Crippen molar-refractivity contribution in [3.8, 4) is 6.07 Å². The smallest absolute Gasteiger partial charge is 0.0992 e. The first-order chi connectivity index (χ1) is 11.3. The number of fused-ring (bicyclic) bond motifs is 2. The molecule has 0 N–H and O–H groups in total. The van der Waals surface area contributed by atoms with Gasteiger partial charge in [-0.3, -0.25) is 0 Å². The lowest BCUT2D eigenvalue weighted by molar-refractivity contribution is 0.180. The van der Waals surface area contributed by atoms with Crippen LogP contribution in [0.1, 0.15) is 18.4 Å². The van der Waals surface area contributed by atoms with Crippen molar-refractivity contribution in [2.45, 2.75) is 22.6 Å². The Labute approximate surface area is 141 Å². The number of anilines is 2. The highest BCUT2D eigenvalue weighted by molar-refractivity contribution is 7.99. The van der Waals surface area contributed by atoms with Gasteiger partial charge in [0, 0.05) is 16.3 Å². The molecule has 116 valence electrons. The van der Waals surface area contributed by atoms with Gasteiger partial charge in [-0.2, -0.15) is 5.26 Å². The van der Waals surface area contributed by atoms with Gasteiger partial charge in [-0.05, 0) is 62.8 Å². The fraction of sp³-hybridized carbons (Fsp3) is 0.316. The maximum Gasteiger partial charge on any atom is 0.0992 e. The third-order valence-corrected chi connectivity index (χ3v) is 5.67. The molecule has 0 radical (unpaired) electrons. The van der Waals surface area contributed by atoms with E-state index >= 15 is 0 Å². The maximum atomic E-state index is 9.16. The Kier molecular flexibility index (Phi) is 3.99. The van der Waals surface area contributed by atoms with Crippen molar-refractivity contribution >= 4 is 23.1 Å². The first kappa shape index (κ1) is 14.6. The Morgan fingerprint density at radius 2 is 1.83 bits per heavy atom. The first-order valence-electron chi connectivity index (χ1n) is 8.16. The monoisotopic (exact) mass is 321 g/mol. The van der Waals surface area contributed by atoms with Crippen LogP contribution in [0.25, 0.3) is 0 Å². The van der Waals surface area contributed by atoms with Crippen molar-refractivity contribution in [1.82, 2.24) is 4.90 Å². The van der Waals surface area contributed by atoms with Gasteiger partial charge < -0.3 is 9.80 Å². The molecule has 4 rings (SSSR count). The number of para-hydroxylation sites is 1. The van der Waals surface area contributed by atoms with Crippen molar-refractivity contribution in [2.24, 2.45) is 0 Å². The Bertz CT molecular complexity index is 761. The van der Waals surface area contributed by atoms with Crippen molar-refractivity contribution in [3.05, 3.63) is 48.0 Å². The maximum absolute atomic E-state index is 9.16. The standard InChI is InChI=1S/C19H19N3S/c20-14-15-7-8-17-19(13-15)23-18-6-2-1-5-16(18)22(17)12-4-11-21-9-3-10-21/h1-2,5-8,13H,3-4,9-12H2. The summed E-state index contributed by atoms with van der Waals surface area (Å²) in [6.45, 7) is 4.72. The molecule has 3 nitrogen and oxygen atoms in total. The molecule has 4 heteroatoms. The van der Waals surface area contributed by atoms with Crippen LogP contribution in [0.3, 0.4) is 0 Å². The van der Waals surface area contributed by atoms with Crippen LogP contribution in [-0.2, 0) is 0 Å². The second-order valence-electron chi connectivity index (χ2n) is 6.06. The minimum Gasteiger partial charge on any atom is -0.340 e. The van der Waals surface area contributed by atoms with Gasteiger partial charge in [0.25, 0.3) is 0 Å². The van der Waals surface area contributed by atoms with Crippen LogP contribution in [0.15, 0.2) is 52.3 Å². The molecule has 0 saturated carbocycles. The van der Waals surface area contributed by atoms with Crippen LogP contribution in [-0.4, -0.2) is 31.1 Å². The Balaban J connectivity index is 1.62. The second kappa shape index (κ2) is 6.27. The molecule has 0 bridgehead atoms. The van der Waals surface area contributed by atoms with E-state index in [1.165, 1.54) is 53.6 Å². The average molecular weight is 321 g/mol. The summed E-state index contributed by atoms with van der Waals surface area (Å²) in [4.78, 5) is 7.40. The number of hydrogen-bond acceptors (Lipinski definition) is 4. The number of hydrogen-bond donors (Lipinski definition) is 0. The topological polar surface area (TPSA) is 30.3 Å². The van der Waals surface area contributed by atoms with Crippen LogP contribution in [0.4, 0.5) is 11.4 Å². The second-order valence-corrected chi connectivity index (χ2v) is 7.15. The molecule has 2 aliphatic rings. The van der Waals surface area contributed by atoms with Gasteiger partial charge in [0.2, 0.25) is 0 Å². The number of nitrogens with zero attached hydrogens (tertiary/aromatic N) is 3. The summed E-state index contributed by atoms with van der Waals surface area (Å²) in [5.74, 6) is 0. The number of likely N-dealkylation sites (tertiary alicyclic amines) is 1. The number of nitriles is 1. The summed E-state index contributed by atoms with van der Waals surface area (Å²) in [6.07, 6.45) is 2.52. The van der Waals surface area contributed by atoms with E-state index < -0.39 is 0 Å². The third kappa shape index (κ3) is 2.83. The van der Waals surface area contributed by atoms with E-state index in [1.807, 2.05) is 12.1 Å². The van der Waals surface area contributed by atoms with Gasteiger partial charge in [0.15, 0.2) is 0 Å². The highest BCUT2D eigenvalue weighted by Crippen LogP contribution is 2.48. The molecule has 23 heavy (non-hydrogen) atoms. The van der Waals surface area contributed by atoms with Crippen molar-refractivity contribution in [2.75, 3.05) is 31.1 Å². The van der Waals surface area contributed by atoms with Gasteiger partial charge in [-0.15, -0.1) is 0 Å². The quantitative estimate of drug-likeness (QED) is 0.842. The van der Waals surface area contributed by atoms with E-state index in [2.05, 4.69) is 46.2 Å². The molecular formula is C19H19N3S. The Morgan fingerprint density at radius 1 is 1.00 bits per heavy atom. The molecular weight excluding hydrogens is 302 g/mol. The third-order valence-electron chi connectivity index (χ3n) is 4.56. The van der Waals surface area contributed by atoms with E-state index in [-0.39, 0.29) is 0 Å². The minimum atomic E-state index is 0.733. The molecule has 0 atom stereocenters. The Morgan fingerprint density at radius 3 is 2.61 bits per heavy atom. The van der Waals surface area contributed by atoms with Crippen LogP contribution < -0.4 is 4.90 Å². The van der Waals surface area contributed by atoms with Crippen LogP contribution in [0.2, 0.25) is 0 Å². The van der Waals surface area contributed by atoms with Gasteiger partial charge in [-0.25, -0.2) is 0 Å². The molecule has 1 saturated heterocycles. The molecule has 0 unspecified atom stereocenters. The molecule has 0 spiro atoms. The van der Waals surface area contributed by atoms with E-state index in [0.29, 0.717) is 0 Å². The molecule has 2 aromatic carbocycles. The summed E-state index contributed by atoms with van der Waals surface area (Å²) in [5.41, 5.74) is 3.26. The zero-order valence-electron chi connectivity index (χ0n) is 13.0. The molecule has 0 aromatic heterocycles. The van der Waals surface area contributed by atoms with E-state index in [4.69, 9.17) is 5.26 Å². The fourth-order valence-electron chi connectivity index (χ4n) is 3.20. The first-order valence-corrected chi connectivity index (χ1v) is 8.98. The number of rotatable bonds is 4. The lowest BCUT2D eigenvalue weighted by atomic mass is 10.1. The lowest BCUT2D eigenvalue weighted by Crippen LogP contribution is -2.38. The highest BCUT2D eigenvalue weighted by atomic mass is 32.2. The van der Waals surface area contributed by atoms with E-state index in [1.54, 1.807) is 11.8 Å². The van der Waals surface area contributed by atoms with Gasteiger partial charge in [0.1, 0.15) is 0 Å². The van der Waals surface area contributed by atoms with Crippen LogP contribution in [0, 0.1) is 11.3 Å². The predicted molar refractivity (Wildman–Crippen MR) is 94.4 cm³/mol. The van der Waals surface area contributed by atoms with Crippen molar-refractivity contribution in [3.63, 3.8) is 0 Å². The fourth-order valence-corrected chi connectivity index (χ4v) is 4.34. The van der Waals surface area contributed by atoms with Gasteiger partial charge >= 0.3 is 0 Å². The molecule has 0 amide bonds. The largest absolute Gasteiger partial charge is 0.340 e. The van der Waals surface area contributed by atoms with Crippen LogP contribution in [0.5, 0.6) is 0 Å². The summed E-state index contributed by atoms with van der Waals surface area (Å²) < 4.78 is 0. The zero-order chi connectivity index (χ0) is 15.6.